The number of likely N-dealkylation sites (tertiary alicyclic amines) is 1. The van der Waals surface area contributed by atoms with Crippen molar-refractivity contribution in [1.29, 1.82) is 0 Å². The third kappa shape index (κ3) is 2.54. The number of piperidine rings is 1. The Kier molecular flexibility index (Phi) is 3.46. The molecule has 3 rings (SSSR count). The van der Waals surface area contributed by atoms with Crippen molar-refractivity contribution in [2.24, 2.45) is 11.3 Å². The minimum atomic E-state index is -0.649. The molecule has 1 atom stereocenters. The number of carboxylic acids is 1. The van der Waals surface area contributed by atoms with Gasteiger partial charge in [-0.25, -0.2) is 4.39 Å². The van der Waals surface area contributed by atoms with Gasteiger partial charge in [0.15, 0.2) is 0 Å². The van der Waals surface area contributed by atoms with E-state index in [1.807, 2.05) is 0 Å². The Balaban J connectivity index is 1.57. The van der Waals surface area contributed by atoms with Crippen molar-refractivity contribution in [3.05, 3.63) is 34.6 Å². The molecule has 1 unspecified atom stereocenters. The Labute approximate surface area is 122 Å². The molecule has 1 aromatic rings. The summed E-state index contributed by atoms with van der Waals surface area (Å²) >= 11 is 5.78. The summed E-state index contributed by atoms with van der Waals surface area (Å²) in [4.78, 5) is 13.3. The van der Waals surface area contributed by atoms with Gasteiger partial charge in [-0.15, -0.1) is 0 Å². The molecule has 1 aliphatic heterocycles. The number of rotatable bonds is 3. The van der Waals surface area contributed by atoms with Gasteiger partial charge >= 0.3 is 5.97 Å². The molecule has 0 amide bonds. The van der Waals surface area contributed by atoms with E-state index in [1.54, 1.807) is 12.1 Å². The zero-order chi connectivity index (χ0) is 14.3. The first-order valence-electron chi connectivity index (χ1n) is 6.89. The van der Waals surface area contributed by atoms with Crippen molar-refractivity contribution in [2.75, 3.05) is 13.1 Å². The van der Waals surface area contributed by atoms with E-state index in [0.29, 0.717) is 0 Å². The molecule has 108 valence electrons. The van der Waals surface area contributed by atoms with E-state index in [0.717, 1.165) is 44.5 Å². The van der Waals surface area contributed by atoms with Gasteiger partial charge in [-0.1, -0.05) is 17.7 Å². The van der Waals surface area contributed by atoms with Gasteiger partial charge in [0.2, 0.25) is 0 Å². The molecule has 20 heavy (non-hydrogen) atoms. The predicted molar refractivity (Wildman–Crippen MR) is 74.1 cm³/mol. The highest BCUT2D eigenvalue weighted by molar-refractivity contribution is 6.30. The summed E-state index contributed by atoms with van der Waals surface area (Å²) in [7, 11) is 0. The maximum Gasteiger partial charge on any atom is 0.307 e. The molecule has 1 spiro atoms. The van der Waals surface area contributed by atoms with Gasteiger partial charge < -0.3 is 5.11 Å². The Morgan fingerprint density at radius 2 is 2.15 bits per heavy atom. The molecular formula is C15H17ClFNO2. The molecule has 0 bridgehead atoms. The minimum Gasteiger partial charge on any atom is -0.481 e. The summed E-state index contributed by atoms with van der Waals surface area (Å²) in [5.74, 6) is -1.18. The highest BCUT2D eigenvalue weighted by Crippen LogP contribution is 2.59. The Hall–Kier alpha value is -1.13. The second-order valence-corrected chi connectivity index (χ2v) is 6.39. The van der Waals surface area contributed by atoms with Crippen LogP contribution in [0.2, 0.25) is 5.02 Å². The highest BCUT2D eigenvalue weighted by Gasteiger charge is 2.58. The molecular weight excluding hydrogens is 281 g/mol. The van der Waals surface area contributed by atoms with Crippen LogP contribution in [-0.4, -0.2) is 29.1 Å². The lowest BCUT2D eigenvalue weighted by Crippen LogP contribution is -2.35. The lowest BCUT2D eigenvalue weighted by Gasteiger charge is -2.32. The van der Waals surface area contributed by atoms with Crippen molar-refractivity contribution < 1.29 is 14.3 Å². The van der Waals surface area contributed by atoms with Crippen LogP contribution in [0, 0.1) is 17.2 Å². The number of halogens is 2. The summed E-state index contributed by atoms with van der Waals surface area (Å²) in [6.45, 7) is 2.55. The van der Waals surface area contributed by atoms with E-state index in [-0.39, 0.29) is 16.4 Å². The van der Waals surface area contributed by atoms with Crippen LogP contribution in [0.25, 0.3) is 0 Å². The largest absolute Gasteiger partial charge is 0.481 e. The third-order valence-corrected chi connectivity index (χ3v) is 5.02. The summed E-state index contributed by atoms with van der Waals surface area (Å²) in [6, 6.07) is 4.81. The summed E-state index contributed by atoms with van der Waals surface area (Å²) < 4.78 is 13.1. The van der Waals surface area contributed by atoms with Gasteiger partial charge in [0, 0.05) is 6.54 Å². The van der Waals surface area contributed by atoms with Gasteiger partial charge in [-0.05, 0) is 55.5 Å². The topological polar surface area (TPSA) is 40.5 Å². The van der Waals surface area contributed by atoms with Gasteiger partial charge in [0.1, 0.15) is 5.82 Å². The van der Waals surface area contributed by atoms with E-state index < -0.39 is 11.8 Å². The highest BCUT2D eigenvalue weighted by atomic mass is 35.5. The first kappa shape index (κ1) is 13.8. The van der Waals surface area contributed by atoms with E-state index in [4.69, 9.17) is 16.7 Å². The quantitative estimate of drug-likeness (QED) is 0.931. The Bertz CT molecular complexity index is 541. The fourth-order valence-electron chi connectivity index (χ4n) is 3.30. The third-order valence-electron chi connectivity index (χ3n) is 4.73. The van der Waals surface area contributed by atoms with Gasteiger partial charge in [-0.2, -0.15) is 0 Å². The van der Waals surface area contributed by atoms with Crippen LogP contribution in [0.15, 0.2) is 18.2 Å². The van der Waals surface area contributed by atoms with Crippen LogP contribution in [0.1, 0.15) is 24.8 Å². The maximum absolute atomic E-state index is 13.1. The van der Waals surface area contributed by atoms with Gasteiger partial charge in [0.05, 0.1) is 10.9 Å². The molecule has 0 radical (unpaired) electrons. The molecule has 0 aromatic heterocycles. The Morgan fingerprint density at radius 3 is 2.70 bits per heavy atom. The molecule has 1 N–H and O–H groups in total. The lowest BCUT2D eigenvalue weighted by molar-refractivity contribution is -0.139. The number of carbonyl (C=O) groups is 1. The summed E-state index contributed by atoms with van der Waals surface area (Å²) in [5.41, 5.74) is 1.06. The van der Waals surface area contributed by atoms with Crippen molar-refractivity contribution in [1.82, 2.24) is 4.90 Å². The SMILES string of the molecule is O=C(O)C1CC12CCN(Cc1ccc(F)c(Cl)c1)CC2. The summed E-state index contributed by atoms with van der Waals surface area (Å²) in [6.07, 6.45) is 2.72. The smallest absolute Gasteiger partial charge is 0.307 e. The molecule has 5 heteroatoms. The van der Waals surface area contributed by atoms with Crippen molar-refractivity contribution in [3.8, 4) is 0 Å². The van der Waals surface area contributed by atoms with Crippen LogP contribution in [-0.2, 0) is 11.3 Å². The fourth-order valence-corrected chi connectivity index (χ4v) is 3.51. The number of benzene rings is 1. The second-order valence-electron chi connectivity index (χ2n) is 5.98. The minimum absolute atomic E-state index is 0.0583. The lowest BCUT2D eigenvalue weighted by atomic mass is 9.90. The van der Waals surface area contributed by atoms with Crippen LogP contribution in [0.5, 0.6) is 0 Å². The van der Waals surface area contributed by atoms with Crippen molar-refractivity contribution in [2.45, 2.75) is 25.8 Å². The predicted octanol–water partition coefficient (Wildman–Crippen LogP) is 3.17. The maximum atomic E-state index is 13.1. The number of hydrogen-bond acceptors (Lipinski definition) is 2. The fraction of sp³-hybridized carbons (Fsp3) is 0.533. The number of nitrogens with zero attached hydrogens (tertiary/aromatic N) is 1. The first-order valence-corrected chi connectivity index (χ1v) is 7.27. The van der Waals surface area contributed by atoms with E-state index >= 15 is 0 Å². The van der Waals surface area contributed by atoms with Crippen LogP contribution in [0.3, 0.4) is 0 Å². The molecule has 1 saturated heterocycles. The van der Waals surface area contributed by atoms with Crippen LogP contribution >= 0.6 is 11.6 Å². The van der Waals surface area contributed by atoms with Crippen molar-refractivity contribution >= 4 is 17.6 Å². The standard InChI is InChI=1S/C15H17ClFNO2/c16-12-7-10(1-2-13(12)17)9-18-5-3-15(4-6-18)8-11(15)14(19)20/h1-2,7,11H,3-6,8-9H2,(H,19,20). The van der Waals surface area contributed by atoms with E-state index in [1.165, 1.54) is 6.07 Å². The van der Waals surface area contributed by atoms with Gasteiger partial charge in [-0.3, -0.25) is 9.69 Å². The zero-order valence-electron chi connectivity index (χ0n) is 11.1. The van der Waals surface area contributed by atoms with Crippen LogP contribution < -0.4 is 0 Å². The molecule has 1 aliphatic carbocycles. The van der Waals surface area contributed by atoms with Crippen LogP contribution in [0.4, 0.5) is 4.39 Å². The number of hydrogen-bond donors (Lipinski definition) is 1. The molecule has 1 saturated carbocycles. The number of carboxylic acid groups (broad SMARTS) is 1. The second kappa shape index (κ2) is 5.01. The average Bonchev–Trinajstić information content (AvgIpc) is 3.12. The zero-order valence-corrected chi connectivity index (χ0v) is 11.9. The van der Waals surface area contributed by atoms with E-state index in [2.05, 4.69) is 4.90 Å². The normalized spacial score (nSPS) is 24.8. The van der Waals surface area contributed by atoms with E-state index in [9.17, 15) is 9.18 Å². The molecule has 3 nitrogen and oxygen atoms in total. The first-order chi connectivity index (χ1) is 9.50. The summed E-state index contributed by atoms with van der Waals surface area (Å²) in [5, 5.41) is 9.22. The number of aliphatic carboxylic acids is 1. The van der Waals surface area contributed by atoms with Gasteiger partial charge in [0.25, 0.3) is 0 Å². The monoisotopic (exact) mass is 297 g/mol. The molecule has 2 aliphatic rings. The molecule has 1 heterocycles. The Morgan fingerprint density at radius 1 is 1.45 bits per heavy atom. The molecule has 1 aromatic carbocycles. The molecule has 2 fully saturated rings. The average molecular weight is 298 g/mol. The van der Waals surface area contributed by atoms with Crippen molar-refractivity contribution in [3.63, 3.8) is 0 Å².